The molecule has 0 amide bonds. The second-order valence-corrected chi connectivity index (χ2v) is 2.91. The molecule has 1 N–H and O–H groups in total. The van der Waals surface area contributed by atoms with Gasteiger partial charge in [-0.25, -0.2) is 0 Å². The molecule has 1 aromatic heterocycles. The number of hydrogen-bond donors (Lipinski definition) is 1. The molecule has 0 radical (unpaired) electrons. The summed E-state index contributed by atoms with van der Waals surface area (Å²) < 4.78 is 0. The fourth-order valence-corrected chi connectivity index (χ4v) is 1.15. The van der Waals surface area contributed by atoms with E-state index in [0.29, 0.717) is 5.71 Å². The van der Waals surface area contributed by atoms with Gasteiger partial charge in [-0.2, -0.15) is 0 Å². The summed E-state index contributed by atoms with van der Waals surface area (Å²) in [5, 5.41) is 7.83. The van der Waals surface area contributed by atoms with Gasteiger partial charge < -0.3 is 0 Å². The van der Waals surface area contributed by atoms with E-state index < -0.39 is 0 Å². The molecule has 0 aliphatic rings. The highest BCUT2D eigenvalue weighted by Gasteiger charge is 2.01. The summed E-state index contributed by atoms with van der Waals surface area (Å²) in [6, 6.07) is 3.76. The van der Waals surface area contributed by atoms with Crippen molar-refractivity contribution in [1.82, 2.24) is 4.98 Å². The fraction of sp³-hybridized carbons (Fsp3) is 0.273. The van der Waals surface area contributed by atoms with Crippen molar-refractivity contribution < 1.29 is 0 Å². The lowest BCUT2D eigenvalue weighted by molar-refractivity contribution is 1.20. The van der Waals surface area contributed by atoms with E-state index >= 15 is 0 Å². The van der Waals surface area contributed by atoms with Crippen LogP contribution in [0.1, 0.15) is 25.8 Å². The Morgan fingerprint density at radius 3 is 2.92 bits per heavy atom. The van der Waals surface area contributed by atoms with Crippen LogP contribution >= 0.6 is 0 Å². The van der Waals surface area contributed by atoms with Gasteiger partial charge in [0.15, 0.2) is 0 Å². The smallest absolute Gasteiger partial charge is 0.0653 e. The van der Waals surface area contributed by atoms with Crippen LogP contribution < -0.4 is 0 Å². The van der Waals surface area contributed by atoms with E-state index in [1.165, 1.54) is 0 Å². The van der Waals surface area contributed by atoms with E-state index in [-0.39, 0.29) is 0 Å². The van der Waals surface area contributed by atoms with Crippen molar-refractivity contribution in [1.29, 1.82) is 5.41 Å². The first-order valence-corrected chi connectivity index (χ1v) is 4.41. The minimum Gasteiger partial charge on any atom is -0.300 e. The molecule has 0 saturated carbocycles. The number of allylic oxidation sites excluding steroid dienone is 2. The molecule has 0 aromatic carbocycles. The molecule has 0 aliphatic carbocycles. The summed E-state index contributed by atoms with van der Waals surface area (Å²) in [6.07, 6.45) is 6.45. The van der Waals surface area contributed by atoms with E-state index in [2.05, 4.69) is 18.0 Å². The molecule has 2 nitrogen and oxygen atoms in total. The van der Waals surface area contributed by atoms with Crippen LogP contribution in [0.4, 0.5) is 0 Å². The quantitative estimate of drug-likeness (QED) is 0.703. The summed E-state index contributed by atoms with van der Waals surface area (Å²) in [5.41, 5.74) is 2.45. The van der Waals surface area contributed by atoms with Crippen LogP contribution in [0.25, 0.3) is 0 Å². The number of nitrogens with zero attached hydrogens (tertiary/aromatic N) is 1. The average molecular weight is 174 g/mol. The number of pyridine rings is 1. The van der Waals surface area contributed by atoms with Crippen molar-refractivity contribution in [2.75, 3.05) is 0 Å². The molecule has 68 valence electrons. The molecular weight excluding hydrogens is 160 g/mol. The van der Waals surface area contributed by atoms with Gasteiger partial charge in [0.25, 0.3) is 0 Å². The van der Waals surface area contributed by atoms with Gasteiger partial charge in [0, 0.05) is 18.0 Å². The van der Waals surface area contributed by atoms with Gasteiger partial charge in [0.1, 0.15) is 0 Å². The largest absolute Gasteiger partial charge is 0.300 e. The van der Waals surface area contributed by atoms with Crippen LogP contribution in [0.3, 0.4) is 0 Å². The van der Waals surface area contributed by atoms with Gasteiger partial charge in [-0.3, -0.25) is 10.4 Å². The van der Waals surface area contributed by atoms with Crippen LogP contribution in [0.15, 0.2) is 36.2 Å². The number of hydrogen-bond acceptors (Lipinski definition) is 2. The van der Waals surface area contributed by atoms with E-state index in [0.717, 1.165) is 17.6 Å². The predicted octanol–water partition coefficient (Wildman–Crippen LogP) is 2.81. The number of rotatable bonds is 3. The molecule has 0 saturated heterocycles. The Kier molecular flexibility index (Phi) is 3.38. The first-order valence-electron chi connectivity index (χ1n) is 4.41. The molecule has 0 aliphatic heterocycles. The molecule has 1 heterocycles. The van der Waals surface area contributed by atoms with Gasteiger partial charge in [0.05, 0.1) is 5.71 Å². The zero-order valence-electron chi connectivity index (χ0n) is 8.04. The topological polar surface area (TPSA) is 36.7 Å². The van der Waals surface area contributed by atoms with Crippen molar-refractivity contribution in [2.24, 2.45) is 0 Å². The van der Waals surface area contributed by atoms with Crippen LogP contribution in [-0.4, -0.2) is 10.7 Å². The van der Waals surface area contributed by atoms with E-state index in [4.69, 9.17) is 5.41 Å². The lowest BCUT2D eigenvalue weighted by Crippen LogP contribution is -2.00. The SMILES string of the molecule is CC/C=C(/C)C(=N)c1cccnc1. The van der Waals surface area contributed by atoms with Crippen molar-refractivity contribution >= 4 is 5.71 Å². The van der Waals surface area contributed by atoms with E-state index in [9.17, 15) is 0 Å². The maximum atomic E-state index is 7.83. The molecule has 1 rings (SSSR count). The average Bonchev–Trinajstić information content (AvgIpc) is 2.18. The fourth-order valence-electron chi connectivity index (χ4n) is 1.15. The Morgan fingerprint density at radius 1 is 1.62 bits per heavy atom. The summed E-state index contributed by atoms with van der Waals surface area (Å²) in [4.78, 5) is 3.98. The molecule has 2 heteroatoms. The summed E-state index contributed by atoms with van der Waals surface area (Å²) in [7, 11) is 0. The lowest BCUT2D eigenvalue weighted by Gasteiger charge is -2.02. The first kappa shape index (κ1) is 9.65. The third kappa shape index (κ3) is 2.51. The van der Waals surface area contributed by atoms with Crippen LogP contribution in [0, 0.1) is 5.41 Å². The molecule has 0 fully saturated rings. The Bertz CT molecular complexity index is 312. The van der Waals surface area contributed by atoms with Crippen molar-refractivity contribution in [3.63, 3.8) is 0 Å². The van der Waals surface area contributed by atoms with E-state index in [1.807, 2.05) is 19.1 Å². The van der Waals surface area contributed by atoms with Crippen molar-refractivity contribution in [2.45, 2.75) is 20.3 Å². The van der Waals surface area contributed by atoms with Crippen LogP contribution in [0.5, 0.6) is 0 Å². The molecule has 0 atom stereocenters. The van der Waals surface area contributed by atoms with Gasteiger partial charge >= 0.3 is 0 Å². The Labute approximate surface area is 78.8 Å². The molecular formula is C11H14N2. The highest BCUT2D eigenvalue weighted by molar-refractivity contribution is 6.09. The highest BCUT2D eigenvalue weighted by atomic mass is 14.6. The first-order chi connectivity index (χ1) is 6.25. The molecule has 0 spiro atoms. The minimum atomic E-state index is 0.565. The van der Waals surface area contributed by atoms with Gasteiger partial charge in [0.2, 0.25) is 0 Å². The molecule has 0 bridgehead atoms. The summed E-state index contributed by atoms with van der Waals surface area (Å²) >= 11 is 0. The maximum absolute atomic E-state index is 7.83. The predicted molar refractivity (Wildman–Crippen MR) is 55.1 cm³/mol. The highest BCUT2D eigenvalue weighted by Crippen LogP contribution is 2.06. The van der Waals surface area contributed by atoms with Crippen molar-refractivity contribution in [3.05, 3.63) is 41.7 Å². The second kappa shape index (κ2) is 4.55. The molecule has 0 unspecified atom stereocenters. The molecule has 13 heavy (non-hydrogen) atoms. The normalized spacial score (nSPS) is 11.4. The Morgan fingerprint density at radius 2 is 2.38 bits per heavy atom. The van der Waals surface area contributed by atoms with Crippen LogP contribution in [-0.2, 0) is 0 Å². The maximum Gasteiger partial charge on any atom is 0.0653 e. The Balaban J connectivity index is 2.86. The summed E-state index contributed by atoms with van der Waals surface area (Å²) in [5.74, 6) is 0. The third-order valence-electron chi connectivity index (χ3n) is 1.85. The zero-order valence-corrected chi connectivity index (χ0v) is 8.04. The minimum absolute atomic E-state index is 0.565. The third-order valence-corrected chi connectivity index (χ3v) is 1.85. The zero-order chi connectivity index (χ0) is 9.68. The lowest BCUT2D eigenvalue weighted by atomic mass is 10.1. The van der Waals surface area contributed by atoms with Gasteiger partial charge in [-0.1, -0.05) is 13.0 Å². The van der Waals surface area contributed by atoms with E-state index in [1.54, 1.807) is 12.4 Å². The van der Waals surface area contributed by atoms with Crippen molar-refractivity contribution in [3.8, 4) is 0 Å². The van der Waals surface area contributed by atoms with Crippen LogP contribution in [0.2, 0.25) is 0 Å². The number of nitrogens with one attached hydrogen (secondary N) is 1. The molecule has 1 aromatic rings. The number of aromatic nitrogens is 1. The van der Waals surface area contributed by atoms with Gasteiger partial charge in [-0.05, 0) is 31.1 Å². The van der Waals surface area contributed by atoms with Gasteiger partial charge in [-0.15, -0.1) is 0 Å². The Hall–Kier alpha value is -1.44. The summed E-state index contributed by atoms with van der Waals surface area (Å²) in [6.45, 7) is 4.03. The second-order valence-electron chi connectivity index (χ2n) is 2.91. The standard InChI is InChI=1S/C11H14N2/c1-3-5-9(2)11(12)10-6-4-7-13-8-10/h4-8,12H,3H2,1-2H3/b9-5-,12-11?. The monoisotopic (exact) mass is 174 g/mol.